The van der Waals surface area contributed by atoms with Crippen LogP contribution in [0.4, 0.5) is 0 Å². The largest absolute Gasteiger partial charge is 0.368 e. The molecule has 4 nitrogen and oxygen atoms in total. The van der Waals surface area contributed by atoms with Gasteiger partial charge in [0.2, 0.25) is 5.91 Å². The average molecular weight is 227 g/mol. The van der Waals surface area contributed by atoms with Crippen molar-refractivity contribution in [3.05, 3.63) is 0 Å². The first-order valence-electron chi connectivity index (χ1n) is 6.26. The van der Waals surface area contributed by atoms with Gasteiger partial charge in [-0.15, -0.1) is 0 Å². The Hall–Kier alpha value is -0.610. The second kappa shape index (κ2) is 5.64. The van der Waals surface area contributed by atoms with Crippen LogP contribution in [0.1, 0.15) is 39.5 Å². The van der Waals surface area contributed by atoms with E-state index in [9.17, 15) is 4.79 Å². The smallest absolute Gasteiger partial charge is 0.238 e. The summed E-state index contributed by atoms with van der Waals surface area (Å²) in [6, 6.07) is 0.636. The lowest BCUT2D eigenvalue weighted by Gasteiger charge is -2.35. The molecular weight excluding hydrogens is 202 g/mol. The van der Waals surface area contributed by atoms with E-state index < -0.39 is 5.54 Å². The summed E-state index contributed by atoms with van der Waals surface area (Å²) in [6.07, 6.45) is 5.14. The van der Waals surface area contributed by atoms with Gasteiger partial charge in [0.1, 0.15) is 5.54 Å². The molecule has 0 radical (unpaired) electrons. The van der Waals surface area contributed by atoms with Gasteiger partial charge < -0.3 is 11.1 Å². The SMILES string of the molecule is CCN(CC(C)(NC)C(N)=O)C1CCCC1. The maximum atomic E-state index is 11.5. The zero-order valence-electron chi connectivity index (χ0n) is 10.8. The maximum absolute atomic E-state index is 11.5. The fourth-order valence-corrected chi connectivity index (χ4v) is 2.45. The van der Waals surface area contributed by atoms with Gasteiger partial charge in [0.25, 0.3) is 0 Å². The molecule has 0 bridgehead atoms. The van der Waals surface area contributed by atoms with E-state index >= 15 is 0 Å². The van der Waals surface area contributed by atoms with Crippen molar-refractivity contribution in [3.63, 3.8) is 0 Å². The molecule has 0 saturated heterocycles. The van der Waals surface area contributed by atoms with E-state index in [-0.39, 0.29) is 5.91 Å². The fourth-order valence-electron chi connectivity index (χ4n) is 2.45. The summed E-state index contributed by atoms with van der Waals surface area (Å²) in [5, 5.41) is 3.05. The van der Waals surface area contributed by atoms with Crippen molar-refractivity contribution in [3.8, 4) is 0 Å². The number of nitrogens with zero attached hydrogens (tertiary/aromatic N) is 1. The second-order valence-corrected chi connectivity index (χ2v) is 4.95. The summed E-state index contributed by atoms with van der Waals surface area (Å²) in [5.74, 6) is -0.272. The van der Waals surface area contributed by atoms with Crippen LogP contribution in [0, 0.1) is 0 Å². The Morgan fingerprint density at radius 3 is 2.44 bits per heavy atom. The van der Waals surface area contributed by atoms with Gasteiger partial charge in [-0.2, -0.15) is 0 Å². The summed E-state index contributed by atoms with van der Waals surface area (Å²) < 4.78 is 0. The topological polar surface area (TPSA) is 58.4 Å². The van der Waals surface area contributed by atoms with E-state index in [1.165, 1.54) is 25.7 Å². The Morgan fingerprint density at radius 2 is 2.06 bits per heavy atom. The van der Waals surface area contributed by atoms with Gasteiger partial charge in [0, 0.05) is 12.6 Å². The predicted molar refractivity (Wildman–Crippen MR) is 66.2 cm³/mol. The van der Waals surface area contributed by atoms with E-state index in [1.807, 2.05) is 6.92 Å². The van der Waals surface area contributed by atoms with Gasteiger partial charge in [-0.05, 0) is 33.4 Å². The third kappa shape index (κ3) is 2.95. The number of hydrogen-bond acceptors (Lipinski definition) is 3. The van der Waals surface area contributed by atoms with Crippen LogP contribution < -0.4 is 11.1 Å². The highest BCUT2D eigenvalue weighted by Crippen LogP contribution is 2.24. The number of nitrogens with two attached hydrogens (primary N) is 1. The molecular formula is C12H25N3O. The second-order valence-electron chi connectivity index (χ2n) is 4.95. The number of nitrogens with one attached hydrogen (secondary N) is 1. The summed E-state index contributed by atoms with van der Waals surface area (Å²) >= 11 is 0. The van der Waals surface area contributed by atoms with Crippen LogP contribution in [0.2, 0.25) is 0 Å². The van der Waals surface area contributed by atoms with Crippen LogP contribution in [0.5, 0.6) is 0 Å². The molecule has 4 heteroatoms. The molecule has 1 atom stereocenters. The molecule has 0 heterocycles. The molecule has 3 N–H and O–H groups in total. The first-order chi connectivity index (χ1) is 7.53. The standard InChI is InChI=1S/C12H25N3O/c1-4-15(10-7-5-6-8-10)9-12(2,14-3)11(13)16/h10,14H,4-9H2,1-3H3,(H2,13,16). The van der Waals surface area contributed by atoms with E-state index in [0.717, 1.165) is 6.54 Å². The van der Waals surface area contributed by atoms with Crippen LogP contribution in [-0.4, -0.2) is 42.5 Å². The number of hydrogen-bond donors (Lipinski definition) is 2. The number of primary amides is 1. The van der Waals surface area contributed by atoms with Crippen molar-refractivity contribution in [2.45, 2.75) is 51.1 Å². The average Bonchev–Trinajstić information content (AvgIpc) is 2.78. The normalized spacial score (nSPS) is 21.2. The Balaban J connectivity index is 2.63. The van der Waals surface area contributed by atoms with Gasteiger partial charge >= 0.3 is 0 Å². The molecule has 0 aliphatic heterocycles. The summed E-state index contributed by atoms with van der Waals surface area (Å²) in [7, 11) is 1.80. The molecule has 1 fully saturated rings. The fraction of sp³-hybridized carbons (Fsp3) is 0.917. The molecule has 1 saturated carbocycles. The molecule has 1 aliphatic rings. The Kier molecular flexibility index (Phi) is 4.74. The number of carbonyl (C=O) groups is 1. The Labute approximate surface area is 98.6 Å². The molecule has 0 spiro atoms. The van der Waals surface area contributed by atoms with Gasteiger partial charge in [0.05, 0.1) is 0 Å². The van der Waals surface area contributed by atoms with E-state index in [2.05, 4.69) is 17.1 Å². The molecule has 94 valence electrons. The van der Waals surface area contributed by atoms with Crippen LogP contribution in [0.25, 0.3) is 0 Å². The van der Waals surface area contributed by atoms with Crippen LogP contribution in [-0.2, 0) is 4.79 Å². The molecule has 1 amide bonds. The lowest BCUT2D eigenvalue weighted by atomic mass is 9.99. The van der Waals surface area contributed by atoms with Crippen molar-refractivity contribution in [2.24, 2.45) is 5.73 Å². The minimum absolute atomic E-state index is 0.272. The molecule has 1 unspecified atom stereocenters. The lowest BCUT2D eigenvalue weighted by Crippen LogP contribution is -2.59. The van der Waals surface area contributed by atoms with Gasteiger partial charge in [-0.25, -0.2) is 0 Å². The van der Waals surface area contributed by atoms with Crippen molar-refractivity contribution >= 4 is 5.91 Å². The summed E-state index contributed by atoms with van der Waals surface area (Å²) in [4.78, 5) is 13.8. The number of likely N-dealkylation sites (N-methyl/N-ethyl adjacent to an activating group) is 2. The molecule has 1 aliphatic carbocycles. The Bertz CT molecular complexity index is 238. The third-order valence-electron chi connectivity index (χ3n) is 3.86. The molecule has 0 aromatic heterocycles. The van der Waals surface area contributed by atoms with Crippen molar-refractivity contribution in [1.82, 2.24) is 10.2 Å². The van der Waals surface area contributed by atoms with Crippen LogP contribution in [0.15, 0.2) is 0 Å². The molecule has 1 rings (SSSR count). The van der Waals surface area contributed by atoms with E-state index in [0.29, 0.717) is 12.6 Å². The molecule has 16 heavy (non-hydrogen) atoms. The first-order valence-corrected chi connectivity index (χ1v) is 6.26. The zero-order valence-corrected chi connectivity index (χ0v) is 10.8. The molecule has 0 aromatic rings. The highest BCUT2D eigenvalue weighted by Gasteiger charge is 2.33. The number of amides is 1. The van der Waals surface area contributed by atoms with Gasteiger partial charge in [0.15, 0.2) is 0 Å². The van der Waals surface area contributed by atoms with E-state index in [4.69, 9.17) is 5.73 Å². The molecule has 0 aromatic carbocycles. The van der Waals surface area contributed by atoms with Crippen molar-refractivity contribution in [2.75, 3.05) is 20.1 Å². The van der Waals surface area contributed by atoms with Crippen LogP contribution in [0.3, 0.4) is 0 Å². The monoisotopic (exact) mass is 227 g/mol. The van der Waals surface area contributed by atoms with Gasteiger partial charge in [-0.3, -0.25) is 9.69 Å². The summed E-state index contributed by atoms with van der Waals surface area (Å²) in [6.45, 7) is 5.72. The highest BCUT2D eigenvalue weighted by molar-refractivity contribution is 5.84. The van der Waals surface area contributed by atoms with Gasteiger partial charge in [-0.1, -0.05) is 19.8 Å². The third-order valence-corrected chi connectivity index (χ3v) is 3.86. The zero-order chi connectivity index (χ0) is 12.2. The number of carbonyl (C=O) groups excluding carboxylic acids is 1. The quantitative estimate of drug-likeness (QED) is 0.703. The lowest BCUT2D eigenvalue weighted by molar-refractivity contribution is -0.124. The summed E-state index contributed by atoms with van der Waals surface area (Å²) in [5.41, 5.74) is 4.84. The minimum Gasteiger partial charge on any atom is -0.368 e. The van der Waals surface area contributed by atoms with E-state index in [1.54, 1.807) is 7.05 Å². The van der Waals surface area contributed by atoms with Crippen molar-refractivity contribution < 1.29 is 4.79 Å². The predicted octanol–water partition coefficient (Wildman–Crippen LogP) is 0.714. The maximum Gasteiger partial charge on any atom is 0.238 e. The first kappa shape index (κ1) is 13.5. The number of rotatable bonds is 6. The highest BCUT2D eigenvalue weighted by atomic mass is 16.1. The Morgan fingerprint density at radius 1 is 1.50 bits per heavy atom. The minimum atomic E-state index is -0.612. The van der Waals surface area contributed by atoms with Crippen LogP contribution >= 0.6 is 0 Å². The van der Waals surface area contributed by atoms with Crippen molar-refractivity contribution in [1.29, 1.82) is 0 Å².